The lowest BCUT2D eigenvalue weighted by Crippen LogP contribution is -2.38. The van der Waals surface area contributed by atoms with Crippen molar-refractivity contribution in [3.8, 4) is 0 Å². The first-order valence-electron chi connectivity index (χ1n) is 7.00. The Morgan fingerprint density at radius 1 is 1.38 bits per heavy atom. The SMILES string of the molecule is CCc1cccc(NC(=O)CN=C(N)NC(C)CC)c1.I. The Balaban J connectivity index is 0.00000400. The predicted octanol–water partition coefficient (Wildman–Crippen LogP) is 2.51. The number of hydrogen-bond donors (Lipinski definition) is 3. The van der Waals surface area contributed by atoms with Gasteiger partial charge in [0.25, 0.3) is 0 Å². The van der Waals surface area contributed by atoms with E-state index in [9.17, 15) is 4.79 Å². The maximum atomic E-state index is 11.8. The van der Waals surface area contributed by atoms with Crippen molar-refractivity contribution in [2.75, 3.05) is 11.9 Å². The third-order valence-electron chi connectivity index (χ3n) is 3.02. The van der Waals surface area contributed by atoms with Gasteiger partial charge >= 0.3 is 0 Å². The van der Waals surface area contributed by atoms with Gasteiger partial charge in [0.15, 0.2) is 5.96 Å². The number of benzene rings is 1. The first-order chi connectivity index (χ1) is 9.55. The summed E-state index contributed by atoms with van der Waals surface area (Å²) in [4.78, 5) is 15.8. The summed E-state index contributed by atoms with van der Waals surface area (Å²) in [5.74, 6) is 0.129. The normalized spacial score (nSPS) is 12.2. The van der Waals surface area contributed by atoms with Crippen LogP contribution in [0.4, 0.5) is 5.69 Å². The molecule has 21 heavy (non-hydrogen) atoms. The quantitative estimate of drug-likeness (QED) is 0.387. The second-order valence-corrected chi connectivity index (χ2v) is 4.76. The van der Waals surface area contributed by atoms with Gasteiger partial charge in [0, 0.05) is 11.7 Å². The molecule has 0 aliphatic heterocycles. The molecule has 0 saturated heterocycles. The van der Waals surface area contributed by atoms with Gasteiger partial charge in [0.1, 0.15) is 6.54 Å². The first kappa shape index (κ1) is 19.7. The highest BCUT2D eigenvalue weighted by molar-refractivity contribution is 14.0. The number of halogens is 1. The van der Waals surface area contributed by atoms with E-state index in [1.54, 1.807) is 0 Å². The van der Waals surface area contributed by atoms with Gasteiger partial charge in [-0.25, -0.2) is 4.99 Å². The summed E-state index contributed by atoms with van der Waals surface area (Å²) >= 11 is 0. The van der Waals surface area contributed by atoms with Crippen LogP contribution in [0.5, 0.6) is 0 Å². The number of carbonyl (C=O) groups excluding carboxylic acids is 1. The molecule has 1 atom stereocenters. The summed E-state index contributed by atoms with van der Waals surface area (Å²) in [6.07, 6.45) is 1.89. The third-order valence-corrected chi connectivity index (χ3v) is 3.02. The van der Waals surface area contributed by atoms with E-state index in [1.165, 1.54) is 5.56 Å². The van der Waals surface area contributed by atoms with Crippen molar-refractivity contribution in [3.05, 3.63) is 29.8 Å². The van der Waals surface area contributed by atoms with E-state index in [0.717, 1.165) is 18.5 Å². The molecule has 0 aliphatic carbocycles. The highest BCUT2D eigenvalue weighted by atomic mass is 127. The smallest absolute Gasteiger partial charge is 0.246 e. The van der Waals surface area contributed by atoms with Crippen LogP contribution in [0.1, 0.15) is 32.8 Å². The predicted molar refractivity (Wildman–Crippen MR) is 99.2 cm³/mol. The van der Waals surface area contributed by atoms with Gasteiger partial charge in [-0.3, -0.25) is 4.79 Å². The van der Waals surface area contributed by atoms with E-state index in [4.69, 9.17) is 5.73 Å². The molecule has 6 heteroatoms. The summed E-state index contributed by atoms with van der Waals surface area (Å²) in [6, 6.07) is 8.03. The van der Waals surface area contributed by atoms with Gasteiger partial charge in [-0.15, -0.1) is 24.0 Å². The van der Waals surface area contributed by atoms with Crippen LogP contribution in [0.3, 0.4) is 0 Å². The fourth-order valence-corrected chi connectivity index (χ4v) is 1.63. The van der Waals surface area contributed by atoms with E-state index in [-0.39, 0.29) is 42.5 Å². The molecule has 0 heterocycles. The Morgan fingerprint density at radius 3 is 2.71 bits per heavy atom. The molecule has 0 saturated carbocycles. The van der Waals surface area contributed by atoms with Crippen molar-refractivity contribution in [1.29, 1.82) is 0 Å². The van der Waals surface area contributed by atoms with E-state index in [1.807, 2.05) is 31.2 Å². The largest absolute Gasteiger partial charge is 0.370 e. The Hall–Kier alpha value is -1.31. The number of nitrogens with one attached hydrogen (secondary N) is 2. The second-order valence-electron chi connectivity index (χ2n) is 4.76. The van der Waals surface area contributed by atoms with Crippen LogP contribution in [0, 0.1) is 0 Å². The monoisotopic (exact) mass is 404 g/mol. The molecule has 1 unspecified atom stereocenters. The number of amides is 1. The molecule has 1 rings (SSSR count). The van der Waals surface area contributed by atoms with Crippen LogP contribution in [0.25, 0.3) is 0 Å². The van der Waals surface area contributed by atoms with Crippen molar-refractivity contribution in [2.45, 2.75) is 39.7 Å². The fourth-order valence-electron chi connectivity index (χ4n) is 1.63. The average Bonchev–Trinajstić information content (AvgIpc) is 2.45. The summed E-state index contributed by atoms with van der Waals surface area (Å²) < 4.78 is 0. The van der Waals surface area contributed by atoms with Crippen molar-refractivity contribution < 1.29 is 4.79 Å². The number of rotatable bonds is 6. The van der Waals surface area contributed by atoms with Gasteiger partial charge in [-0.05, 0) is 37.5 Å². The van der Waals surface area contributed by atoms with Crippen LogP contribution < -0.4 is 16.4 Å². The molecule has 5 nitrogen and oxygen atoms in total. The number of guanidine groups is 1. The number of aliphatic imine (C=N–C) groups is 1. The number of hydrogen-bond acceptors (Lipinski definition) is 2. The van der Waals surface area contributed by atoms with E-state index in [0.29, 0.717) is 5.96 Å². The summed E-state index contributed by atoms with van der Waals surface area (Å²) in [5, 5.41) is 5.82. The molecule has 4 N–H and O–H groups in total. The maximum absolute atomic E-state index is 11.8. The molecule has 1 aromatic rings. The lowest BCUT2D eigenvalue weighted by Gasteiger charge is -2.11. The Bertz CT molecular complexity index is 476. The number of nitrogens with two attached hydrogens (primary N) is 1. The van der Waals surface area contributed by atoms with Crippen LogP contribution in [0.2, 0.25) is 0 Å². The van der Waals surface area contributed by atoms with Crippen molar-refractivity contribution in [1.82, 2.24) is 5.32 Å². The summed E-state index contributed by atoms with van der Waals surface area (Å²) in [6.45, 7) is 6.16. The van der Waals surface area contributed by atoms with E-state index < -0.39 is 0 Å². The molecule has 1 amide bonds. The van der Waals surface area contributed by atoms with E-state index >= 15 is 0 Å². The molecule has 0 spiro atoms. The first-order valence-corrected chi connectivity index (χ1v) is 7.00. The Morgan fingerprint density at radius 2 is 2.10 bits per heavy atom. The topological polar surface area (TPSA) is 79.5 Å². The molecule has 0 bridgehead atoms. The van der Waals surface area contributed by atoms with Gasteiger partial charge in [-0.1, -0.05) is 26.0 Å². The van der Waals surface area contributed by atoms with Crippen LogP contribution in [-0.4, -0.2) is 24.5 Å². The highest BCUT2D eigenvalue weighted by Gasteiger charge is 2.03. The molecule has 118 valence electrons. The zero-order valence-electron chi connectivity index (χ0n) is 12.8. The number of carbonyl (C=O) groups is 1. The van der Waals surface area contributed by atoms with Gasteiger partial charge in [0.2, 0.25) is 5.91 Å². The second kappa shape index (κ2) is 10.4. The van der Waals surface area contributed by atoms with Crippen LogP contribution in [-0.2, 0) is 11.2 Å². The number of anilines is 1. The standard InChI is InChI=1S/C15H24N4O.HI/c1-4-11(3)18-15(16)17-10-14(20)19-13-8-6-7-12(5-2)9-13;/h6-9,11H,4-5,10H2,1-3H3,(H,19,20)(H3,16,17,18);1H. The average molecular weight is 404 g/mol. The van der Waals surface area contributed by atoms with Crippen molar-refractivity contribution in [2.24, 2.45) is 10.7 Å². The molecule has 1 aromatic carbocycles. The number of aryl methyl sites for hydroxylation is 1. The lowest BCUT2D eigenvalue weighted by atomic mass is 10.1. The van der Waals surface area contributed by atoms with Gasteiger partial charge in [-0.2, -0.15) is 0 Å². The van der Waals surface area contributed by atoms with Crippen molar-refractivity contribution >= 4 is 41.5 Å². The minimum absolute atomic E-state index is 0. The molecule has 0 aliphatic rings. The zero-order valence-corrected chi connectivity index (χ0v) is 15.2. The Labute approximate surface area is 143 Å². The number of nitrogens with zero attached hydrogens (tertiary/aromatic N) is 1. The highest BCUT2D eigenvalue weighted by Crippen LogP contribution is 2.10. The summed E-state index contributed by atoms with van der Waals surface area (Å²) in [7, 11) is 0. The molecule has 0 radical (unpaired) electrons. The minimum Gasteiger partial charge on any atom is -0.370 e. The van der Waals surface area contributed by atoms with Crippen LogP contribution in [0.15, 0.2) is 29.3 Å². The van der Waals surface area contributed by atoms with Gasteiger partial charge in [0.05, 0.1) is 0 Å². The Kier molecular flexibility index (Phi) is 9.77. The van der Waals surface area contributed by atoms with Crippen molar-refractivity contribution in [3.63, 3.8) is 0 Å². The lowest BCUT2D eigenvalue weighted by molar-refractivity contribution is -0.114. The van der Waals surface area contributed by atoms with Gasteiger partial charge < -0.3 is 16.4 Å². The molecular formula is C15H25IN4O. The minimum atomic E-state index is -0.174. The third kappa shape index (κ3) is 7.89. The maximum Gasteiger partial charge on any atom is 0.246 e. The molecule has 0 aromatic heterocycles. The molecule has 0 fully saturated rings. The van der Waals surface area contributed by atoms with E-state index in [2.05, 4.69) is 29.5 Å². The summed E-state index contributed by atoms with van der Waals surface area (Å²) in [5.41, 5.74) is 7.67. The zero-order chi connectivity index (χ0) is 15.0. The molecular weight excluding hydrogens is 379 g/mol. The fraction of sp³-hybridized carbons (Fsp3) is 0.467. The van der Waals surface area contributed by atoms with Crippen LogP contribution >= 0.6 is 24.0 Å².